The van der Waals surface area contributed by atoms with Crippen LogP contribution >= 0.6 is 0 Å². The second-order valence-electron chi connectivity index (χ2n) is 7.70. The number of amides is 1. The molecule has 1 saturated carbocycles. The van der Waals surface area contributed by atoms with Gasteiger partial charge in [-0.15, -0.1) is 0 Å². The van der Waals surface area contributed by atoms with E-state index in [0.717, 1.165) is 18.1 Å². The molecular formula is C20H19F3N2O5S. The Kier molecular flexibility index (Phi) is 5.11. The van der Waals surface area contributed by atoms with Gasteiger partial charge in [-0.2, -0.15) is 21.6 Å². The Labute approximate surface area is 176 Å². The fourth-order valence-electron chi connectivity index (χ4n) is 4.51. The van der Waals surface area contributed by atoms with E-state index in [1.807, 2.05) is 6.07 Å². The first-order chi connectivity index (χ1) is 14.6. The predicted octanol–water partition coefficient (Wildman–Crippen LogP) is 4.01. The molecule has 1 atom stereocenters. The van der Waals surface area contributed by atoms with Crippen LogP contribution in [-0.2, 0) is 22.0 Å². The van der Waals surface area contributed by atoms with Crippen molar-refractivity contribution in [2.45, 2.75) is 42.6 Å². The summed E-state index contributed by atoms with van der Waals surface area (Å²) in [5.74, 6) is -0.510. The molecule has 1 aliphatic heterocycles. The molecule has 1 aromatic carbocycles. The smallest absolute Gasteiger partial charge is 0.465 e. The SMILES string of the molecule is O=C(O)N1CCc2ccc(OS(=O)(=O)C(F)(F)F)cc2C1C1(c2ccccn2)CCC1. The fraction of sp³-hybridized carbons (Fsp3) is 0.400. The summed E-state index contributed by atoms with van der Waals surface area (Å²) in [4.78, 5) is 17.8. The predicted molar refractivity (Wildman–Crippen MR) is 103 cm³/mol. The quantitative estimate of drug-likeness (QED) is 0.552. The number of halogens is 3. The molecule has 166 valence electrons. The van der Waals surface area contributed by atoms with E-state index in [-0.39, 0.29) is 6.54 Å². The summed E-state index contributed by atoms with van der Waals surface area (Å²) in [6, 6.07) is 8.48. The summed E-state index contributed by atoms with van der Waals surface area (Å²) in [6.07, 6.45) is 2.93. The van der Waals surface area contributed by atoms with E-state index < -0.39 is 38.9 Å². The van der Waals surface area contributed by atoms with Crippen LogP contribution in [0.5, 0.6) is 5.75 Å². The number of benzene rings is 1. The molecule has 2 aromatic rings. The normalized spacial score (nSPS) is 20.5. The number of carboxylic acid groups (broad SMARTS) is 1. The number of hydrogen-bond donors (Lipinski definition) is 1. The summed E-state index contributed by atoms with van der Waals surface area (Å²) < 4.78 is 65.6. The van der Waals surface area contributed by atoms with Crippen LogP contribution in [0, 0.1) is 0 Å². The zero-order valence-electron chi connectivity index (χ0n) is 16.2. The van der Waals surface area contributed by atoms with E-state index in [1.54, 1.807) is 18.3 Å². The van der Waals surface area contributed by atoms with E-state index in [0.29, 0.717) is 30.5 Å². The summed E-state index contributed by atoms with van der Waals surface area (Å²) >= 11 is 0. The maximum atomic E-state index is 12.8. The zero-order valence-corrected chi connectivity index (χ0v) is 17.0. The Morgan fingerprint density at radius 3 is 2.52 bits per heavy atom. The lowest BCUT2D eigenvalue weighted by atomic mass is 9.59. The Bertz CT molecular complexity index is 1100. The molecule has 1 N–H and O–H groups in total. The van der Waals surface area contributed by atoms with Gasteiger partial charge in [0.05, 0.1) is 6.04 Å². The van der Waals surface area contributed by atoms with Gasteiger partial charge in [0.25, 0.3) is 0 Å². The first-order valence-electron chi connectivity index (χ1n) is 9.60. The minimum atomic E-state index is -5.85. The third kappa shape index (κ3) is 3.60. The van der Waals surface area contributed by atoms with E-state index in [1.165, 1.54) is 17.0 Å². The molecule has 11 heteroatoms. The van der Waals surface area contributed by atoms with Crippen LogP contribution in [0.15, 0.2) is 42.6 Å². The van der Waals surface area contributed by atoms with Crippen LogP contribution in [0.25, 0.3) is 0 Å². The first kappa shape index (κ1) is 21.4. The van der Waals surface area contributed by atoms with Crippen molar-refractivity contribution in [3.05, 3.63) is 59.4 Å². The van der Waals surface area contributed by atoms with Crippen molar-refractivity contribution >= 4 is 16.2 Å². The number of aromatic nitrogens is 1. The zero-order chi connectivity index (χ0) is 22.4. The average Bonchev–Trinajstić information content (AvgIpc) is 2.67. The molecule has 1 amide bonds. The van der Waals surface area contributed by atoms with Crippen molar-refractivity contribution in [1.82, 2.24) is 9.88 Å². The van der Waals surface area contributed by atoms with E-state index in [2.05, 4.69) is 9.17 Å². The lowest BCUT2D eigenvalue weighted by Gasteiger charge is -2.52. The van der Waals surface area contributed by atoms with Gasteiger partial charge in [0, 0.05) is 23.9 Å². The maximum Gasteiger partial charge on any atom is 0.534 e. The summed E-state index contributed by atoms with van der Waals surface area (Å²) in [6.45, 7) is 0.211. The van der Waals surface area contributed by atoms with Crippen LogP contribution in [0.4, 0.5) is 18.0 Å². The second-order valence-corrected chi connectivity index (χ2v) is 9.23. The third-order valence-electron chi connectivity index (χ3n) is 6.02. The van der Waals surface area contributed by atoms with Gasteiger partial charge >= 0.3 is 21.7 Å². The minimum absolute atomic E-state index is 0.211. The van der Waals surface area contributed by atoms with Gasteiger partial charge < -0.3 is 14.2 Å². The maximum absolute atomic E-state index is 12.8. The van der Waals surface area contributed by atoms with E-state index in [4.69, 9.17) is 0 Å². The molecule has 2 heterocycles. The van der Waals surface area contributed by atoms with Crippen LogP contribution in [0.2, 0.25) is 0 Å². The van der Waals surface area contributed by atoms with E-state index in [9.17, 15) is 31.5 Å². The molecule has 1 unspecified atom stereocenters. The number of hydrogen-bond acceptors (Lipinski definition) is 5. The molecule has 0 saturated heterocycles. The highest BCUT2D eigenvalue weighted by Crippen LogP contribution is 2.55. The summed E-state index contributed by atoms with van der Waals surface area (Å²) in [5, 5.41) is 9.86. The Balaban J connectivity index is 1.83. The number of nitrogens with zero attached hydrogens (tertiary/aromatic N) is 2. The molecule has 7 nitrogen and oxygen atoms in total. The molecule has 31 heavy (non-hydrogen) atoms. The van der Waals surface area contributed by atoms with Crippen molar-refractivity contribution in [3.8, 4) is 5.75 Å². The summed E-state index contributed by atoms with van der Waals surface area (Å²) in [5.41, 5.74) is -4.36. The van der Waals surface area contributed by atoms with Gasteiger partial charge in [-0.25, -0.2) is 4.79 Å². The lowest BCUT2D eigenvalue weighted by molar-refractivity contribution is -0.0500. The van der Waals surface area contributed by atoms with Gasteiger partial charge in [-0.1, -0.05) is 18.6 Å². The Morgan fingerprint density at radius 1 is 1.23 bits per heavy atom. The largest absolute Gasteiger partial charge is 0.534 e. The first-order valence-corrected chi connectivity index (χ1v) is 11.0. The second kappa shape index (κ2) is 7.40. The molecule has 2 aliphatic rings. The van der Waals surface area contributed by atoms with Crippen LogP contribution in [0.3, 0.4) is 0 Å². The topological polar surface area (TPSA) is 96.8 Å². The van der Waals surface area contributed by atoms with Crippen molar-refractivity contribution in [2.75, 3.05) is 6.54 Å². The number of pyridine rings is 1. The lowest BCUT2D eigenvalue weighted by Crippen LogP contribution is -2.53. The molecule has 4 rings (SSSR count). The average molecular weight is 456 g/mol. The van der Waals surface area contributed by atoms with Crippen LogP contribution in [-0.4, -0.2) is 41.6 Å². The van der Waals surface area contributed by atoms with Gasteiger partial charge in [0.1, 0.15) is 5.75 Å². The molecule has 0 bridgehead atoms. The highest BCUT2D eigenvalue weighted by Gasteiger charge is 2.53. The molecule has 0 radical (unpaired) electrons. The molecule has 1 aliphatic carbocycles. The number of rotatable bonds is 4. The van der Waals surface area contributed by atoms with E-state index >= 15 is 0 Å². The van der Waals surface area contributed by atoms with Crippen LogP contribution in [0.1, 0.15) is 42.1 Å². The molecule has 1 fully saturated rings. The number of alkyl halides is 3. The van der Waals surface area contributed by atoms with Gasteiger partial charge in [0.2, 0.25) is 0 Å². The van der Waals surface area contributed by atoms with Crippen molar-refractivity contribution in [3.63, 3.8) is 0 Å². The number of fused-ring (bicyclic) bond motifs is 1. The van der Waals surface area contributed by atoms with Crippen molar-refractivity contribution in [1.29, 1.82) is 0 Å². The third-order valence-corrected chi connectivity index (χ3v) is 7.00. The van der Waals surface area contributed by atoms with Gasteiger partial charge in [0.15, 0.2) is 0 Å². The Hall–Kier alpha value is -2.82. The highest BCUT2D eigenvalue weighted by molar-refractivity contribution is 7.88. The van der Waals surface area contributed by atoms with Crippen molar-refractivity contribution in [2.24, 2.45) is 0 Å². The monoisotopic (exact) mass is 456 g/mol. The number of carbonyl (C=O) groups is 1. The molecule has 1 aromatic heterocycles. The fourth-order valence-corrected chi connectivity index (χ4v) is 4.96. The summed E-state index contributed by atoms with van der Waals surface area (Å²) in [7, 11) is -5.85. The van der Waals surface area contributed by atoms with Gasteiger partial charge in [-0.3, -0.25) is 4.98 Å². The standard InChI is InChI=1S/C20H19F3N2O5S/c21-20(22,23)31(28,29)30-14-6-5-13-7-11-25(18(26)27)17(15(13)12-14)19(8-3-9-19)16-4-1-2-10-24-16/h1-2,4-6,10,12,17H,3,7-9,11H2,(H,26,27). The van der Waals surface area contributed by atoms with Crippen LogP contribution < -0.4 is 4.18 Å². The van der Waals surface area contributed by atoms with Gasteiger partial charge in [-0.05, 0) is 54.7 Å². The Morgan fingerprint density at radius 2 is 1.97 bits per heavy atom. The molecule has 0 spiro atoms. The minimum Gasteiger partial charge on any atom is -0.465 e. The highest BCUT2D eigenvalue weighted by atomic mass is 32.2. The molecular weight excluding hydrogens is 437 g/mol. The van der Waals surface area contributed by atoms with Crippen molar-refractivity contribution < 1.29 is 35.7 Å².